The van der Waals surface area contributed by atoms with Crippen LogP contribution in [0.4, 0.5) is 0 Å². The molecule has 1 aliphatic rings. The summed E-state index contributed by atoms with van der Waals surface area (Å²) in [4.78, 5) is 5.50. The van der Waals surface area contributed by atoms with E-state index in [9.17, 15) is 0 Å². The number of hydrogen-bond donors (Lipinski definition) is 0. The van der Waals surface area contributed by atoms with Gasteiger partial charge < -0.3 is 4.84 Å². The van der Waals surface area contributed by atoms with Crippen molar-refractivity contribution < 1.29 is 4.84 Å². The second-order valence-corrected chi connectivity index (χ2v) is 5.54. The summed E-state index contributed by atoms with van der Waals surface area (Å²) < 4.78 is -0.370. The van der Waals surface area contributed by atoms with Crippen LogP contribution in [0.5, 0.6) is 0 Å². The van der Waals surface area contributed by atoms with Gasteiger partial charge in [0.05, 0.1) is 0 Å². The van der Waals surface area contributed by atoms with Crippen molar-refractivity contribution in [3.8, 4) is 0 Å². The van der Waals surface area contributed by atoms with Crippen molar-refractivity contribution in [2.24, 2.45) is 5.16 Å². The van der Waals surface area contributed by atoms with E-state index in [1.807, 2.05) is 31.4 Å². The second kappa shape index (κ2) is 3.87. The SMILES string of the molecule is CSC1(c2ccccc2)ON=C(C)S1. The van der Waals surface area contributed by atoms with Crippen LogP contribution in [0.15, 0.2) is 35.5 Å². The van der Waals surface area contributed by atoms with Crippen molar-refractivity contribution in [2.75, 3.05) is 6.26 Å². The third kappa shape index (κ3) is 1.64. The summed E-state index contributed by atoms with van der Waals surface area (Å²) >= 11 is 3.32. The van der Waals surface area contributed by atoms with Gasteiger partial charge in [-0.05, 0) is 24.9 Å². The first kappa shape index (κ1) is 9.93. The van der Waals surface area contributed by atoms with Gasteiger partial charge in [-0.25, -0.2) is 0 Å². The summed E-state index contributed by atoms with van der Waals surface area (Å²) in [5.74, 6) is 0. The van der Waals surface area contributed by atoms with E-state index in [2.05, 4.69) is 17.3 Å². The first-order chi connectivity index (χ1) is 6.77. The molecule has 1 aromatic rings. The number of hydrogen-bond acceptors (Lipinski definition) is 4. The molecule has 0 spiro atoms. The predicted octanol–water partition coefficient (Wildman–Crippen LogP) is 3.26. The third-order valence-electron chi connectivity index (χ3n) is 1.97. The maximum absolute atomic E-state index is 5.50. The van der Waals surface area contributed by atoms with Gasteiger partial charge in [-0.15, -0.1) is 0 Å². The molecule has 0 fully saturated rings. The minimum Gasteiger partial charge on any atom is -0.361 e. The first-order valence-corrected chi connectivity index (χ1v) is 6.33. The number of nitrogens with zero attached hydrogens (tertiary/aromatic N) is 1. The molecule has 4 heteroatoms. The molecule has 0 radical (unpaired) electrons. The van der Waals surface area contributed by atoms with Gasteiger partial charge in [0.15, 0.2) is 0 Å². The quantitative estimate of drug-likeness (QED) is 0.771. The average Bonchev–Trinajstić information content (AvgIpc) is 2.63. The van der Waals surface area contributed by atoms with Crippen LogP contribution in [0.25, 0.3) is 0 Å². The Kier molecular flexibility index (Phi) is 2.74. The molecular weight excluding hydrogens is 214 g/mol. The zero-order valence-electron chi connectivity index (χ0n) is 8.06. The van der Waals surface area contributed by atoms with Crippen LogP contribution in [0.1, 0.15) is 12.5 Å². The fourth-order valence-electron chi connectivity index (χ4n) is 1.31. The van der Waals surface area contributed by atoms with Crippen LogP contribution < -0.4 is 0 Å². The van der Waals surface area contributed by atoms with Crippen LogP contribution in [0.2, 0.25) is 0 Å². The van der Waals surface area contributed by atoms with E-state index < -0.39 is 0 Å². The van der Waals surface area contributed by atoms with E-state index in [4.69, 9.17) is 4.84 Å². The van der Waals surface area contributed by atoms with Gasteiger partial charge in [-0.2, -0.15) is 0 Å². The fourth-order valence-corrected chi connectivity index (χ4v) is 3.28. The lowest BCUT2D eigenvalue weighted by Crippen LogP contribution is -2.15. The van der Waals surface area contributed by atoms with Gasteiger partial charge in [0.25, 0.3) is 4.27 Å². The van der Waals surface area contributed by atoms with Gasteiger partial charge in [0.2, 0.25) is 0 Å². The molecule has 0 amide bonds. The van der Waals surface area contributed by atoms with Gasteiger partial charge in [-0.1, -0.05) is 47.2 Å². The van der Waals surface area contributed by atoms with Crippen LogP contribution >= 0.6 is 23.5 Å². The Morgan fingerprint density at radius 2 is 2.07 bits per heavy atom. The summed E-state index contributed by atoms with van der Waals surface area (Å²) in [5, 5.41) is 4.97. The lowest BCUT2D eigenvalue weighted by atomic mass is 10.2. The third-order valence-corrected chi connectivity index (χ3v) is 4.52. The highest BCUT2D eigenvalue weighted by Crippen LogP contribution is 2.50. The topological polar surface area (TPSA) is 21.6 Å². The first-order valence-electron chi connectivity index (χ1n) is 4.29. The molecule has 1 heterocycles. The van der Waals surface area contributed by atoms with E-state index in [0.717, 1.165) is 10.6 Å². The monoisotopic (exact) mass is 225 g/mol. The molecule has 1 aliphatic heterocycles. The molecule has 0 saturated heterocycles. The minimum absolute atomic E-state index is 0.370. The summed E-state index contributed by atoms with van der Waals surface area (Å²) in [6, 6.07) is 10.2. The Morgan fingerprint density at radius 1 is 1.36 bits per heavy atom. The Hall–Kier alpha value is -0.610. The lowest BCUT2D eigenvalue weighted by molar-refractivity contribution is 0.105. The largest absolute Gasteiger partial charge is 0.361 e. The van der Waals surface area contributed by atoms with Crippen LogP contribution in [-0.4, -0.2) is 11.3 Å². The summed E-state index contributed by atoms with van der Waals surface area (Å²) in [6.07, 6.45) is 2.04. The predicted molar refractivity (Wildman–Crippen MR) is 63.4 cm³/mol. The van der Waals surface area contributed by atoms with Gasteiger partial charge in [0.1, 0.15) is 5.04 Å². The highest BCUT2D eigenvalue weighted by atomic mass is 32.2. The number of benzene rings is 1. The summed E-state index contributed by atoms with van der Waals surface area (Å²) in [5.41, 5.74) is 1.15. The van der Waals surface area contributed by atoms with Gasteiger partial charge in [0, 0.05) is 5.56 Å². The maximum Gasteiger partial charge on any atom is 0.259 e. The Labute approximate surface area is 92.1 Å². The molecular formula is C10H11NOS2. The van der Waals surface area contributed by atoms with Crippen molar-refractivity contribution in [1.82, 2.24) is 0 Å². The Balaban J connectivity index is 2.32. The molecule has 0 aromatic heterocycles. The molecule has 74 valence electrons. The highest BCUT2D eigenvalue weighted by Gasteiger charge is 2.40. The van der Waals surface area contributed by atoms with Crippen molar-refractivity contribution in [2.45, 2.75) is 11.2 Å². The molecule has 1 atom stereocenters. The molecule has 0 N–H and O–H groups in total. The molecule has 14 heavy (non-hydrogen) atoms. The Bertz CT molecular complexity index is 352. The molecule has 0 saturated carbocycles. The average molecular weight is 225 g/mol. The summed E-state index contributed by atoms with van der Waals surface area (Å²) in [6.45, 7) is 1.96. The fraction of sp³-hybridized carbons (Fsp3) is 0.300. The van der Waals surface area contributed by atoms with E-state index in [0.29, 0.717) is 0 Å². The molecule has 0 aliphatic carbocycles. The molecule has 1 unspecified atom stereocenters. The van der Waals surface area contributed by atoms with E-state index in [1.54, 1.807) is 23.5 Å². The number of oxime groups is 1. The Morgan fingerprint density at radius 3 is 2.57 bits per heavy atom. The number of thioether (sulfide) groups is 2. The van der Waals surface area contributed by atoms with Crippen LogP contribution in [0, 0.1) is 0 Å². The van der Waals surface area contributed by atoms with Crippen LogP contribution in [-0.2, 0) is 9.10 Å². The highest BCUT2D eigenvalue weighted by molar-refractivity contribution is 8.25. The smallest absolute Gasteiger partial charge is 0.259 e. The second-order valence-electron chi connectivity index (χ2n) is 2.93. The molecule has 2 nitrogen and oxygen atoms in total. The van der Waals surface area contributed by atoms with E-state index >= 15 is 0 Å². The number of rotatable bonds is 2. The molecule has 0 bridgehead atoms. The van der Waals surface area contributed by atoms with Crippen LogP contribution in [0.3, 0.4) is 0 Å². The minimum atomic E-state index is -0.370. The zero-order valence-corrected chi connectivity index (χ0v) is 9.69. The lowest BCUT2D eigenvalue weighted by Gasteiger charge is -2.23. The van der Waals surface area contributed by atoms with Gasteiger partial charge in [-0.3, -0.25) is 0 Å². The molecule has 1 aromatic carbocycles. The van der Waals surface area contributed by atoms with E-state index in [-0.39, 0.29) is 4.27 Å². The van der Waals surface area contributed by atoms with Crippen molar-refractivity contribution in [3.63, 3.8) is 0 Å². The van der Waals surface area contributed by atoms with Crippen molar-refractivity contribution in [3.05, 3.63) is 35.9 Å². The van der Waals surface area contributed by atoms with Gasteiger partial charge >= 0.3 is 0 Å². The van der Waals surface area contributed by atoms with E-state index in [1.165, 1.54) is 0 Å². The zero-order chi connectivity index (χ0) is 10.0. The molecule has 2 rings (SSSR count). The normalized spacial score (nSPS) is 25.7. The summed E-state index contributed by atoms with van der Waals surface area (Å²) in [7, 11) is 0. The van der Waals surface area contributed by atoms with Crippen molar-refractivity contribution >= 4 is 28.6 Å². The van der Waals surface area contributed by atoms with Crippen molar-refractivity contribution in [1.29, 1.82) is 0 Å². The maximum atomic E-state index is 5.50. The standard InChI is InChI=1S/C10H11NOS2/c1-8-11-12-10(13-2,14-8)9-6-4-3-5-7-9/h3-7H,1-2H3.